The zero-order valence-electron chi connectivity index (χ0n) is 13.0. The molecule has 1 aliphatic heterocycles. The summed E-state index contributed by atoms with van der Waals surface area (Å²) >= 11 is 1.15. The maximum absolute atomic E-state index is 14.2. The van der Waals surface area contributed by atoms with Crippen LogP contribution < -0.4 is 0 Å². The normalized spacial score (nSPS) is 18.1. The molecule has 0 saturated carbocycles. The van der Waals surface area contributed by atoms with Gasteiger partial charge < -0.3 is 19.5 Å². The van der Waals surface area contributed by atoms with Crippen molar-refractivity contribution in [2.45, 2.75) is 12.6 Å². The highest BCUT2D eigenvalue weighted by molar-refractivity contribution is 7.21. The van der Waals surface area contributed by atoms with E-state index in [1.807, 2.05) is 0 Å². The van der Waals surface area contributed by atoms with Crippen molar-refractivity contribution < 1.29 is 28.6 Å². The van der Waals surface area contributed by atoms with Gasteiger partial charge in [0.15, 0.2) is 6.04 Å². The lowest BCUT2D eigenvalue weighted by Gasteiger charge is -2.32. The van der Waals surface area contributed by atoms with Crippen molar-refractivity contribution in [2.24, 2.45) is 0 Å². The number of carboxylic acids is 1. The van der Waals surface area contributed by atoms with E-state index in [9.17, 15) is 19.1 Å². The minimum Gasteiger partial charge on any atom is -0.480 e. The number of hydrogen-bond acceptors (Lipinski definition) is 5. The molecule has 0 radical (unpaired) electrons. The van der Waals surface area contributed by atoms with Crippen LogP contribution in [0.2, 0.25) is 0 Å². The van der Waals surface area contributed by atoms with E-state index in [-0.39, 0.29) is 26.4 Å². The second-order valence-corrected chi connectivity index (χ2v) is 6.44. The SMILES string of the molecule is COCc1c(C(=O)N2CCOCC2C(=O)O)sc2cccc(F)c12. The predicted octanol–water partition coefficient (Wildman–Crippen LogP) is 2.11. The summed E-state index contributed by atoms with van der Waals surface area (Å²) in [5, 5.41) is 9.66. The van der Waals surface area contributed by atoms with Crippen LogP contribution >= 0.6 is 11.3 Å². The van der Waals surface area contributed by atoms with Crippen LogP contribution in [0, 0.1) is 5.82 Å². The summed E-state index contributed by atoms with van der Waals surface area (Å²) in [6.07, 6.45) is 0. The summed E-state index contributed by atoms with van der Waals surface area (Å²) in [6.45, 7) is 0.470. The fraction of sp³-hybridized carbons (Fsp3) is 0.375. The van der Waals surface area contributed by atoms with E-state index in [1.165, 1.54) is 18.1 Å². The zero-order valence-corrected chi connectivity index (χ0v) is 13.8. The molecule has 1 saturated heterocycles. The number of carbonyl (C=O) groups excluding carboxylic acids is 1. The van der Waals surface area contributed by atoms with Crippen molar-refractivity contribution in [1.82, 2.24) is 4.90 Å². The average molecular weight is 353 g/mol. The third-order valence-corrected chi connectivity index (χ3v) is 5.11. The largest absolute Gasteiger partial charge is 0.480 e. The number of thiophene rings is 1. The van der Waals surface area contributed by atoms with Crippen LogP contribution in [0.5, 0.6) is 0 Å². The van der Waals surface area contributed by atoms with E-state index in [1.54, 1.807) is 12.1 Å². The Morgan fingerprint density at radius 1 is 1.50 bits per heavy atom. The van der Waals surface area contributed by atoms with Crippen molar-refractivity contribution in [3.05, 3.63) is 34.5 Å². The average Bonchev–Trinajstić information content (AvgIpc) is 2.94. The molecular weight excluding hydrogens is 337 g/mol. The minimum absolute atomic E-state index is 0.0556. The number of methoxy groups -OCH3 is 1. The van der Waals surface area contributed by atoms with E-state index >= 15 is 0 Å². The van der Waals surface area contributed by atoms with Crippen LogP contribution in [-0.2, 0) is 20.9 Å². The third kappa shape index (κ3) is 2.88. The molecular formula is C16H16FNO5S. The molecule has 0 bridgehead atoms. The van der Waals surface area contributed by atoms with Gasteiger partial charge in [-0.15, -0.1) is 11.3 Å². The molecule has 2 aromatic rings. The van der Waals surface area contributed by atoms with Crippen LogP contribution in [0.3, 0.4) is 0 Å². The monoisotopic (exact) mass is 353 g/mol. The smallest absolute Gasteiger partial charge is 0.328 e. The molecule has 1 aromatic carbocycles. The molecule has 128 valence electrons. The first-order chi connectivity index (χ1) is 11.5. The van der Waals surface area contributed by atoms with Gasteiger partial charge in [0, 0.05) is 29.3 Å². The minimum atomic E-state index is -1.12. The van der Waals surface area contributed by atoms with Gasteiger partial charge in [-0.1, -0.05) is 6.07 Å². The molecule has 0 aliphatic carbocycles. The summed E-state index contributed by atoms with van der Waals surface area (Å²) in [7, 11) is 1.47. The topological polar surface area (TPSA) is 76.1 Å². The fourth-order valence-electron chi connectivity index (χ4n) is 2.80. The van der Waals surface area contributed by atoms with Gasteiger partial charge in [0.2, 0.25) is 0 Å². The Bertz CT molecular complexity index is 790. The molecule has 1 fully saturated rings. The van der Waals surface area contributed by atoms with Gasteiger partial charge in [-0.25, -0.2) is 9.18 Å². The van der Waals surface area contributed by atoms with Crippen molar-refractivity contribution >= 4 is 33.3 Å². The Hall–Kier alpha value is -2.03. The maximum Gasteiger partial charge on any atom is 0.328 e. The summed E-state index contributed by atoms with van der Waals surface area (Å²) in [5.74, 6) is -1.98. The van der Waals surface area contributed by atoms with Crippen molar-refractivity contribution in [3.63, 3.8) is 0 Å². The Labute approximate surface area is 141 Å². The number of halogens is 1. The van der Waals surface area contributed by atoms with Crippen molar-refractivity contribution in [3.8, 4) is 0 Å². The molecule has 1 N–H and O–H groups in total. The predicted molar refractivity (Wildman–Crippen MR) is 85.8 cm³/mol. The number of aliphatic carboxylic acids is 1. The number of amides is 1. The lowest BCUT2D eigenvalue weighted by atomic mass is 10.1. The highest BCUT2D eigenvalue weighted by atomic mass is 32.1. The van der Waals surface area contributed by atoms with E-state index in [4.69, 9.17) is 9.47 Å². The zero-order chi connectivity index (χ0) is 17.3. The highest BCUT2D eigenvalue weighted by Gasteiger charge is 2.35. The van der Waals surface area contributed by atoms with E-state index in [2.05, 4.69) is 0 Å². The number of ether oxygens (including phenoxy) is 2. The summed E-state index contributed by atoms with van der Waals surface area (Å²) in [6, 6.07) is 3.59. The second-order valence-electron chi connectivity index (χ2n) is 5.38. The molecule has 8 heteroatoms. The summed E-state index contributed by atoms with van der Waals surface area (Å²) in [5.41, 5.74) is 0.455. The van der Waals surface area contributed by atoms with Crippen molar-refractivity contribution in [2.75, 3.05) is 26.9 Å². The summed E-state index contributed by atoms with van der Waals surface area (Å²) < 4.78 is 25.1. The van der Waals surface area contributed by atoms with Gasteiger partial charge in [0.1, 0.15) is 5.82 Å². The number of rotatable bonds is 4. The Morgan fingerprint density at radius 3 is 3.00 bits per heavy atom. The number of morpholine rings is 1. The van der Waals surface area contributed by atoms with E-state index in [0.717, 1.165) is 11.3 Å². The summed E-state index contributed by atoms with van der Waals surface area (Å²) in [4.78, 5) is 25.9. The molecule has 1 aliphatic rings. The number of carbonyl (C=O) groups is 2. The first-order valence-electron chi connectivity index (χ1n) is 7.35. The van der Waals surface area contributed by atoms with Crippen LogP contribution in [0.25, 0.3) is 10.1 Å². The van der Waals surface area contributed by atoms with E-state index < -0.39 is 23.7 Å². The molecule has 6 nitrogen and oxygen atoms in total. The first kappa shape index (κ1) is 16.8. The number of fused-ring (bicyclic) bond motifs is 1. The Balaban J connectivity index is 2.07. The molecule has 1 amide bonds. The first-order valence-corrected chi connectivity index (χ1v) is 8.16. The Kier molecular flexibility index (Phi) is 4.79. The lowest BCUT2D eigenvalue weighted by molar-refractivity contribution is -0.147. The number of carboxylic acid groups (broad SMARTS) is 1. The second kappa shape index (κ2) is 6.84. The molecule has 1 aromatic heterocycles. The molecule has 3 rings (SSSR count). The van der Waals surface area contributed by atoms with Gasteiger partial charge in [-0.2, -0.15) is 0 Å². The molecule has 1 unspecified atom stereocenters. The lowest BCUT2D eigenvalue weighted by Crippen LogP contribution is -2.52. The highest BCUT2D eigenvalue weighted by Crippen LogP contribution is 2.35. The number of nitrogens with zero attached hydrogens (tertiary/aromatic N) is 1. The molecule has 24 heavy (non-hydrogen) atoms. The molecule has 1 atom stereocenters. The van der Waals surface area contributed by atoms with Gasteiger partial charge in [0.05, 0.1) is 24.7 Å². The van der Waals surface area contributed by atoms with Gasteiger partial charge >= 0.3 is 5.97 Å². The van der Waals surface area contributed by atoms with Gasteiger partial charge in [0.25, 0.3) is 5.91 Å². The maximum atomic E-state index is 14.2. The van der Waals surface area contributed by atoms with E-state index in [0.29, 0.717) is 20.5 Å². The van der Waals surface area contributed by atoms with Crippen LogP contribution in [-0.4, -0.2) is 54.8 Å². The quantitative estimate of drug-likeness (QED) is 0.911. The molecule has 0 spiro atoms. The number of benzene rings is 1. The fourth-order valence-corrected chi connectivity index (χ4v) is 3.98. The van der Waals surface area contributed by atoms with Gasteiger partial charge in [-0.05, 0) is 12.1 Å². The Morgan fingerprint density at radius 2 is 2.29 bits per heavy atom. The van der Waals surface area contributed by atoms with Crippen molar-refractivity contribution in [1.29, 1.82) is 0 Å². The standard InChI is InChI=1S/C16H16FNO5S/c1-22-7-9-13-10(17)3-2-4-12(13)24-14(9)15(19)18-5-6-23-8-11(18)16(20)21/h2-4,11H,5-8H2,1H3,(H,20,21). The van der Waals surface area contributed by atoms with Crippen LogP contribution in [0.1, 0.15) is 15.2 Å². The molecule has 2 heterocycles. The van der Waals surface area contributed by atoms with Gasteiger partial charge in [-0.3, -0.25) is 4.79 Å². The van der Waals surface area contributed by atoms with Crippen LogP contribution in [0.15, 0.2) is 18.2 Å². The third-order valence-electron chi connectivity index (χ3n) is 3.92. The number of hydrogen-bond donors (Lipinski definition) is 1. The van der Waals surface area contributed by atoms with Crippen LogP contribution in [0.4, 0.5) is 4.39 Å².